The fourth-order valence-electron chi connectivity index (χ4n) is 3.69. The van der Waals surface area contributed by atoms with Crippen LogP contribution in [0.15, 0.2) is 6.07 Å². The molecule has 1 aromatic rings. The number of piperidine rings is 1. The first kappa shape index (κ1) is 15.4. The highest BCUT2D eigenvalue weighted by Crippen LogP contribution is 2.44. The van der Waals surface area contributed by atoms with E-state index in [0.29, 0.717) is 11.8 Å². The number of methoxy groups -OCH3 is 3. The van der Waals surface area contributed by atoms with Crippen LogP contribution in [0.1, 0.15) is 24.0 Å². The molecule has 1 saturated heterocycles. The Kier molecular flexibility index (Phi) is 4.74. The van der Waals surface area contributed by atoms with Crippen LogP contribution in [-0.2, 0) is 13.0 Å². The molecule has 0 aliphatic carbocycles. The van der Waals surface area contributed by atoms with E-state index >= 15 is 0 Å². The quantitative estimate of drug-likeness (QED) is 0.919. The van der Waals surface area contributed by atoms with Crippen molar-refractivity contribution in [2.45, 2.75) is 31.8 Å². The van der Waals surface area contributed by atoms with Crippen LogP contribution in [0, 0.1) is 0 Å². The van der Waals surface area contributed by atoms with Gasteiger partial charge in [-0.05, 0) is 44.0 Å². The Labute approximate surface area is 132 Å². The van der Waals surface area contributed by atoms with Crippen molar-refractivity contribution >= 4 is 0 Å². The predicted molar refractivity (Wildman–Crippen MR) is 86.1 cm³/mol. The van der Waals surface area contributed by atoms with Gasteiger partial charge in [0, 0.05) is 24.7 Å². The van der Waals surface area contributed by atoms with Gasteiger partial charge in [-0.2, -0.15) is 0 Å². The number of hydrogen-bond donors (Lipinski definition) is 1. The number of fused-ring (bicyclic) bond motifs is 1. The molecule has 122 valence electrons. The average Bonchev–Trinajstić information content (AvgIpc) is 2.60. The summed E-state index contributed by atoms with van der Waals surface area (Å²) in [5, 5.41) is 3.44. The molecular weight excluding hydrogens is 280 g/mol. The molecule has 1 fully saturated rings. The van der Waals surface area contributed by atoms with Crippen molar-refractivity contribution in [1.82, 2.24) is 10.2 Å². The molecule has 0 atom stereocenters. The van der Waals surface area contributed by atoms with E-state index in [-0.39, 0.29) is 0 Å². The lowest BCUT2D eigenvalue weighted by Gasteiger charge is -2.38. The van der Waals surface area contributed by atoms with Gasteiger partial charge in [-0.15, -0.1) is 0 Å². The van der Waals surface area contributed by atoms with Crippen LogP contribution in [0.5, 0.6) is 17.2 Å². The molecule has 0 aromatic heterocycles. The summed E-state index contributed by atoms with van der Waals surface area (Å²) in [6, 6.07) is 2.78. The lowest BCUT2D eigenvalue weighted by Crippen LogP contribution is -2.45. The summed E-state index contributed by atoms with van der Waals surface area (Å²) in [4.78, 5) is 2.59. The largest absolute Gasteiger partial charge is 0.493 e. The van der Waals surface area contributed by atoms with E-state index in [1.807, 2.05) is 0 Å². The Hall–Kier alpha value is -1.46. The Morgan fingerprint density at radius 2 is 1.77 bits per heavy atom. The van der Waals surface area contributed by atoms with Crippen LogP contribution in [0.4, 0.5) is 0 Å². The van der Waals surface area contributed by atoms with E-state index in [2.05, 4.69) is 16.3 Å². The number of nitrogens with one attached hydrogen (secondary N) is 1. The number of ether oxygens (including phenoxy) is 3. The zero-order chi connectivity index (χ0) is 15.5. The van der Waals surface area contributed by atoms with Gasteiger partial charge in [0.25, 0.3) is 0 Å². The third-order valence-electron chi connectivity index (χ3n) is 4.88. The van der Waals surface area contributed by atoms with Crippen LogP contribution in [-0.4, -0.2) is 51.9 Å². The van der Waals surface area contributed by atoms with Crippen molar-refractivity contribution in [1.29, 1.82) is 0 Å². The molecule has 22 heavy (non-hydrogen) atoms. The molecule has 3 rings (SSSR count). The minimum Gasteiger partial charge on any atom is -0.493 e. The van der Waals surface area contributed by atoms with Gasteiger partial charge < -0.3 is 19.5 Å². The first-order valence-corrected chi connectivity index (χ1v) is 8.04. The summed E-state index contributed by atoms with van der Waals surface area (Å²) in [6.45, 7) is 4.29. The Morgan fingerprint density at radius 3 is 2.41 bits per heavy atom. The average molecular weight is 306 g/mol. The zero-order valence-corrected chi connectivity index (χ0v) is 13.8. The highest BCUT2D eigenvalue weighted by atomic mass is 16.5. The Morgan fingerprint density at radius 1 is 1.05 bits per heavy atom. The highest BCUT2D eigenvalue weighted by molar-refractivity contribution is 5.59. The Bertz CT molecular complexity index is 527. The lowest BCUT2D eigenvalue weighted by atomic mass is 9.94. The first-order chi connectivity index (χ1) is 10.8. The number of rotatable bonds is 4. The fourth-order valence-corrected chi connectivity index (χ4v) is 3.69. The van der Waals surface area contributed by atoms with E-state index in [9.17, 15) is 0 Å². The molecule has 0 saturated carbocycles. The third-order valence-corrected chi connectivity index (χ3v) is 4.88. The van der Waals surface area contributed by atoms with E-state index in [1.54, 1.807) is 21.3 Å². The molecule has 0 spiro atoms. The van der Waals surface area contributed by atoms with Gasteiger partial charge in [0.05, 0.1) is 21.3 Å². The van der Waals surface area contributed by atoms with Gasteiger partial charge >= 0.3 is 0 Å². The normalized spacial score (nSPS) is 19.6. The smallest absolute Gasteiger partial charge is 0.203 e. The molecule has 0 amide bonds. The predicted octanol–water partition coefficient (Wildman–Crippen LogP) is 1.82. The molecular formula is C17H26N2O3. The van der Waals surface area contributed by atoms with Crippen LogP contribution in [0.2, 0.25) is 0 Å². The minimum absolute atomic E-state index is 0.673. The molecule has 1 N–H and O–H groups in total. The monoisotopic (exact) mass is 306 g/mol. The van der Waals surface area contributed by atoms with Crippen LogP contribution < -0.4 is 19.5 Å². The van der Waals surface area contributed by atoms with Crippen molar-refractivity contribution < 1.29 is 14.2 Å². The number of hydrogen-bond acceptors (Lipinski definition) is 5. The van der Waals surface area contributed by atoms with Gasteiger partial charge in [0.1, 0.15) is 0 Å². The summed E-state index contributed by atoms with van der Waals surface area (Å²) < 4.78 is 16.7. The molecule has 5 nitrogen and oxygen atoms in total. The Balaban J connectivity index is 1.91. The van der Waals surface area contributed by atoms with Gasteiger partial charge in [-0.1, -0.05) is 0 Å². The minimum atomic E-state index is 0.673. The molecule has 2 aliphatic rings. The van der Waals surface area contributed by atoms with Gasteiger partial charge in [0.15, 0.2) is 11.5 Å². The molecule has 5 heteroatoms. The summed E-state index contributed by atoms with van der Waals surface area (Å²) >= 11 is 0. The second kappa shape index (κ2) is 6.75. The first-order valence-electron chi connectivity index (χ1n) is 8.04. The SMILES string of the molecule is COc1cc2c(c(OC)c1OC)CN(C1CCNCC1)CC2. The molecule has 0 bridgehead atoms. The van der Waals surface area contributed by atoms with Crippen molar-refractivity contribution in [3.63, 3.8) is 0 Å². The fraction of sp³-hybridized carbons (Fsp3) is 0.647. The van der Waals surface area contributed by atoms with Crippen LogP contribution in [0.25, 0.3) is 0 Å². The number of nitrogens with zero attached hydrogens (tertiary/aromatic N) is 1. The van der Waals surface area contributed by atoms with E-state index in [1.165, 1.54) is 24.0 Å². The second-order valence-electron chi connectivity index (χ2n) is 5.98. The second-order valence-corrected chi connectivity index (χ2v) is 5.98. The topological polar surface area (TPSA) is 43.0 Å². The molecule has 2 heterocycles. The summed E-state index contributed by atoms with van der Waals surface area (Å²) in [7, 11) is 5.05. The standard InChI is InChI=1S/C17H26N2O3/c1-20-15-10-12-6-9-19(13-4-7-18-8-5-13)11-14(12)16(21-2)17(15)22-3/h10,13,18H,4-9,11H2,1-3H3. The van der Waals surface area contributed by atoms with Gasteiger partial charge in [0.2, 0.25) is 5.75 Å². The van der Waals surface area contributed by atoms with Crippen molar-refractivity contribution in [3.05, 3.63) is 17.2 Å². The van der Waals surface area contributed by atoms with Crippen LogP contribution >= 0.6 is 0 Å². The van der Waals surface area contributed by atoms with E-state index in [0.717, 1.165) is 44.1 Å². The van der Waals surface area contributed by atoms with Gasteiger partial charge in [-0.3, -0.25) is 4.90 Å². The third kappa shape index (κ3) is 2.75. The lowest BCUT2D eigenvalue weighted by molar-refractivity contribution is 0.144. The summed E-state index contributed by atoms with van der Waals surface area (Å²) in [5.74, 6) is 2.29. The maximum atomic E-state index is 5.67. The van der Waals surface area contributed by atoms with Crippen molar-refractivity contribution in [3.8, 4) is 17.2 Å². The van der Waals surface area contributed by atoms with E-state index < -0.39 is 0 Å². The highest BCUT2D eigenvalue weighted by Gasteiger charge is 2.29. The zero-order valence-electron chi connectivity index (χ0n) is 13.8. The van der Waals surface area contributed by atoms with Crippen molar-refractivity contribution in [2.75, 3.05) is 41.0 Å². The summed E-state index contributed by atoms with van der Waals surface area (Å²) in [5.41, 5.74) is 2.57. The van der Waals surface area contributed by atoms with Crippen LogP contribution in [0.3, 0.4) is 0 Å². The van der Waals surface area contributed by atoms with E-state index in [4.69, 9.17) is 14.2 Å². The molecule has 2 aliphatic heterocycles. The summed E-state index contributed by atoms with van der Waals surface area (Å²) in [6.07, 6.45) is 3.49. The number of benzene rings is 1. The molecule has 0 unspecified atom stereocenters. The maximum absolute atomic E-state index is 5.67. The van der Waals surface area contributed by atoms with Crippen molar-refractivity contribution in [2.24, 2.45) is 0 Å². The molecule has 0 radical (unpaired) electrons. The van der Waals surface area contributed by atoms with Gasteiger partial charge in [-0.25, -0.2) is 0 Å². The molecule has 1 aromatic carbocycles. The maximum Gasteiger partial charge on any atom is 0.203 e.